The van der Waals surface area contributed by atoms with E-state index in [0.29, 0.717) is 12.2 Å². The summed E-state index contributed by atoms with van der Waals surface area (Å²) in [5.74, 6) is 6.23. The van der Waals surface area contributed by atoms with Gasteiger partial charge in [-0.3, -0.25) is 4.98 Å². The molecule has 0 amide bonds. The summed E-state index contributed by atoms with van der Waals surface area (Å²) in [4.78, 5) is 15.9. The van der Waals surface area contributed by atoms with Gasteiger partial charge in [0, 0.05) is 37.0 Å². The number of ether oxygens (including phenoxy) is 1. The molecule has 0 saturated heterocycles. The predicted molar refractivity (Wildman–Crippen MR) is 110 cm³/mol. The van der Waals surface area contributed by atoms with E-state index in [0.717, 1.165) is 56.5 Å². The zero-order chi connectivity index (χ0) is 19.2. The molecule has 2 rings (SSSR count). The Hall–Kier alpha value is -2.80. The Morgan fingerprint density at radius 2 is 1.81 bits per heavy atom. The third-order valence-electron chi connectivity index (χ3n) is 4.04. The van der Waals surface area contributed by atoms with Gasteiger partial charge in [0.15, 0.2) is 0 Å². The van der Waals surface area contributed by atoms with Crippen LogP contribution in [0, 0.1) is 11.8 Å². The van der Waals surface area contributed by atoms with Crippen LogP contribution in [0.5, 0.6) is 0 Å². The molecule has 142 valence electrons. The Kier molecular flexibility index (Phi) is 9.52. The second kappa shape index (κ2) is 12.5. The van der Waals surface area contributed by atoms with Crippen LogP contribution in [-0.4, -0.2) is 24.1 Å². The molecule has 0 unspecified atom stereocenters. The highest BCUT2D eigenvalue weighted by molar-refractivity contribution is 5.89. The molecule has 0 radical (unpaired) electrons. The van der Waals surface area contributed by atoms with Gasteiger partial charge in [-0.2, -0.15) is 0 Å². The first kappa shape index (κ1) is 20.5. The number of carbonyl (C=O) groups excluding carboxylic acids is 1. The minimum absolute atomic E-state index is 0.275. The monoisotopic (exact) mass is 364 g/mol. The third kappa shape index (κ3) is 8.42. The van der Waals surface area contributed by atoms with E-state index in [1.54, 1.807) is 19.1 Å². The number of aryl methyl sites for hydroxylation is 1. The SMILES string of the molecule is CCOC(=O)c1ccc(NCCCCC#CCCCc2ccccn2)cc1. The average molecular weight is 364 g/mol. The number of benzene rings is 1. The molecule has 0 saturated carbocycles. The van der Waals surface area contributed by atoms with Crippen LogP contribution in [0.15, 0.2) is 48.7 Å². The van der Waals surface area contributed by atoms with Crippen molar-refractivity contribution in [1.82, 2.24) is 4.98 Å². The molecule has 0 aliphatic rings. The number of nitrogens with one attached hydrogen (secondary N) is 1. The molecular formula is C23H28N2O2. The lowest BCUT2D eigenvalue weighted by Gasteiger charge is -2.06. The van der Waals surface area contributed by atoms with Gasteiger partial charge in [-0.1, -0.05) is 6.07 Å². The number of nitrogens with zero attached hydrogens (tertiary/aromatic N) is 1. The zero-order valence-electron chi connectivity index (χ0n) is 16.0. The molecular weight excluding hydrogens is 336 g/mol. The third-order valence-corrected chi connectivity index (χ3v) is 4.04. The summed E-state index contributed by atoms with van der Waals surface area (Å²) in [6, 6.07) is 13.4. The van der Waals surface area contributed by atoms with E-state index in [4.69, 9.17) is 4.74 Å². The van der Waals surface area contributed by atoms with Crippen molar-refractivity contribution in [2.75, 3.05) is 18.5 Å². The van der Waals surface area contributed by atoms with Crippen molar-refractivity contribution in [3.05, 3.63) is 59.9 Å². The molecule has 0 spiro atoms. The van der Waals surface area contributed by atoms with Crippen LogP contribution in [0.1, 0.15) is 55.1 Å². The summed E-state index contributed by atoms with van der Waals surface area (Å²) in [7, 11) is 0. The van der Waals surface area contributed by atoms with E-state index in [1.165, 1.54) is 0 Å². The molecule has 4 nitrogen and oxygen atoms in total. The molecule has 1 aromatic heterocycles. The van der Waals surface area contributed by atoms with Crippen molar-refractivity contribution >= 4 is 11.7 Å². The maximum Gasteiger partial charge on any atom is 0.338 e. The van der Waals surface area contributed by atoms with Crippen molar-refractivity contribution in [3.63, 3.8) is 0 Å². The van der Waals surface area contributed by atoms with Gasteiger partial charge in [0.25, 0.3) is 0 Å². The molecule has 0 aliphatic carbocycles. The Morgan fingerprint density at radius 3 is 2.52 bits per heavy atom. The number of anilines is 1. The van der Waals surface area contributed by atoms with Crippen molar-refractivity contribution in [2.24, 2.45) is 0 Å². The van der Waals surface area contributed by atoms with Crippen LogP contribution in [0.2, 0.25) is 0 Å². The maximum atomic E-state index is 11.6. The summed E-state index contributed by atoms with van der Waals surface area (Å²) < 4.78 is 4.98. The molecule has 1 N–H and O–H groups in total. The smallest absolute Gasteiger partial charge is 0.338 e. The van der Waals surface area contributed by atoms with Gasteiger partial charge in [0.2, 0.25) is 0 Å². The molecule has 2 aromatic rings. The summed E-state index contributed by atoms with van der Waals surface area (Å²) in [6.45, 7) is 3.10. The number of pyridine rings is 1. The number of aromatic nitrogens is 1. The Balaban J connectivity index is 1.51. The molecule has 1 aromatic carbocycles. The summed E-state index contributed by atoms with van der Waals surface area (Å²) in [5, 5.41) is 3.36. The molecule has 0 bridgehead atoms. The largest absolute Gasteiger partial charge is 0.462 e. The minimum Gasteiger partial charge on any atom is -0.462 e. The quantitative estimate of drug-likeness (QED) is 0.371. The lowest BCUT2D eigenvalue weighted by atomic mass is 10.1. The van der Waals surface area contributed by atoms with Crippen LogP contribution in [0.3, 0.4) is 0 Å². The first-order valence-electron chi connectivity index (χ1n) is 9.66. The number of hydrogen-bond acceptors (Lipinski definition) is 4. The van der Waals surface area contributed by atoms with Crippen LogP contribution in [0.4, 0.5) is 5.69 Å². The van der Waals surface area contributed by atoms with E-state index in [-0.39, 0.29) is 5.97 Å². The topological polar surface area (TPSA) is 51.2 Å². The van der Waals surface area contributed by atoms with Crippen molar-refractivity contribution in [2.45, 2.75) is 45.4 Å². The molecule has 0 aliphatic heterocycles. The molecule has 0 atom stereocenters. The fourth-order valence-corrected chi connectivity index (χ4v) is 2.59. The van der Waals surface area contributed by atoms with Crippen molar-refractivity contribution in [3.8, 4) is 11.8 Å². The summed E-state index contributed by atoms with van der Waals surface area (Å²) in [6.07, 6.45) is 7.92. The Morgan fingerprint density at radius 1 is 1.04 bits per heavy atom. The first-order valence-corrected chi connectivity index (χ1v) is 9.66. The first-order chi connectivity index (χ1) is 13.3. The van der Waals surface area contributed by atoms with Gasteiger partial charge in [-0.15, -0.1) is 11.8 Å². The fraction of sp³-hybridized carbons (Fsp3) is 0.391. The van der Waals surface area contributed by atoms with Gasteiger partial charge in [-0.05, 0) is 69.0 Å². The zero-order valence-corrected chi connectivity index (χ0v) is 16.0. The highest BCUT2D eigenvalue weighted by atomic mass is 16.5. The lowest BCUT2D eigenvalue weighted by molar-refractivity contribution is 0.0526. The maximum absolute atomic E-state index is 11.6. The second-order valence-electron chi connectivity index (χ2n) is 6.21. The Labute approximate surface area is 162 Å². The van der Waals surface area contributed by atoms with E-state index in [2.05, 4.69) is 28.2 Å². The van der Waals surface area contributed by atoms with Gasteiger partial charge in [-0.25, -0.2) is 4.79 Å². The number of rotatable bonds is 10. The van der Waals surface area contributed by atoms with Crippen LogP contribution < -0.4 is 5.32 Å². The van der Waals surface area contributed by atoms with Crippen molar-refractivity contribution < 1.29 is 9.53 Å². The fourth-order valence-electron chi connectivity index (χ4n) is 2.59. The second-order valence-corrected chi connectivity index (χ2v) is 6.21. The summed E-state index contributed by atoms with van der Waals surface area (Å²) >= 11 is 0. The van der Waals surface area contributed by atoms with E-state index in [1.807, 2.05) is 30.5 Å². The highest BCUT2D eigenvalue weighted by Gasteiger charge is 2.05. The number of hydrogen-bond donors (Lipinski definition) is 1. The average Bonchev–Trinajstić information content (AvgIpc) is 2.71. The number of esters is 1. The molecule has 27 heavy (non-hydrogen) atoms. The standard InChI is InChI=1S/C23H28N2O2/c1-2-27-23(26)20-14-16-22(17-15-20)25-18-10-7-5-3-4-6-8-12-21-13-9-11-19-24-21/h9,11,13-17,19,25H,2,5-8,10,12,18H2,1H3. The number of carbonyl (C=O) groups is 1. The highest BCUT2D eigenvalue weighted by Crippen LogP contribution is 2.11. The van der Waals surface area contributed by atoms with Gasteiger partial charge < -0.3 is 10.1 Å². The Bertz CT molecular complexity index is 730. The predicted octanol–water partition coefficient (Wildman–Crippen LogP) is 4.87. The number of unbranched alkanes of at least 4 members (excludes halogenated alkanes) is 3. The van der Waals surface area contributed by atoms with Gasteiger partial charge in [0.05, 0.1) is 12.2 Å². The molecule has 1 heterocycles. The van der Waals surface area contributed by atoms with Gasteiger partial charge in [0.1, 0.15) is 0 Å². The molecule has 4 heteroatoms. The van der Waals surface area contributed by atoms with E-state index < -0.39 is 0 Å². The lowest BCUT2D eigenvalue weighted by Crippen LogP contribution is -2.05. The van der Waals surface area contributed by atoms with Gasteiger partial charge >= 0.3 is 5.97 Å². The van der Waals surface area contributed by atoms with Crippen LogP contribution in [0.25, 0.3) is 0 Å². The van der Waals surface area contributed by atoms with E-state index >= 15 is 0 Å². The minimum atomic E-state index is -0.275. The van der Waals surface area contributed by atoms with E-state index in [9.17, 15) is 4.79 Å². The van der Waals surface area contributed by atoms with Crippen molar-refractivity contribution in [1.29, 1.82) is 0 Å². The molecule has 0 fully saturated rings. The summed E-state index contributed by atoms with van der Waals surface area (Å²) in [5.41, 5.74) is 2.74. The normalized spacial score (nSPS) is 9.96. The van der Waals surface area contributed by atoms with Crippen LogP contribution in [-0.2, 0) is 11.2 Å². The van der Waals surface area contributed by atoms with Crippen LogP contribution >= 0.6 is 0 Å².